The number of pyridine rings is 1. The summed E-state index contributed by atoms with van der Waals surface area (Å²) in [5, 5.41) is 0. The number of nitrogens with zero attached hydrogens (tertiary/aromatic N) is 1. The molecular formula is C12H16BrNO. The topological polar surface area (TPSA) is 22.1 Å². The van der Waals surface area contributed by atoms with E-state index in [4.69, 9.17) is 4.74 Å². The fourth-order valence-electron chi connectivity index (χ4n) is 1.98. The van der Waals surface area contributed by atoms with E-state index >= 15 is 0 Å². The van der Waals surface area contributed by atoms with E-state index in [0.717, 1.165) is 10.4 Å². The Morgan fingerprint density at radius 1 is 1.20 bits per heavy atom. The molecule has 0 N–H and O–H groups in total. The van der Waals surface area contributed by atoms with E-state index in [-0.39, 0.29) is 0 Å². The molecule has 0 aliphatic heterocycles. The second kappa shape index (κ2) is 5.50. The standard InChI is InChI=1S/C12H16BrNO/c13-11-8-5-9-14-12(11)15-10-6-3-1-2-4-7-10/h5,8-10H,1-4,6-7H2. The Labute approximate surface area is 99.2 Å². The van der Waals surface area contributed by atoms with Gasteiger partial charge in [0.15, 0.2) is 0 Å². The molecule has 0 atom stereocenters. The summed E-state index contributed by atoms with van der Waals surface area (Å²) >= 11 is 3.46. The van der Waals surface area contributed by atoms with Crippen molar-refractivity contribution in [3.63, 3.8) is 0 Å². The lowest BCUT2D eigenvalue weighted by molar-refractivity contribution is 0.175. The average molecular weight is 270 g/mol. The van der Waals surface area contributed by atoms with Gasteiger partial charge < -0.3 is 4.74 Å². The molecule has 2 nitrogen and oxygen atoms in total. The van der Waals surface area contributed by atoms with Crippen molar-refractivity contribution in [1.29, 1.82) is 0 Å². The third kappa shape index (κ3) is 3.20. The molecular weight excluding hydrogens is 254 g/mol. The van der Waals surface area contributed by atoms with Gasteiger partial charge in [-0.25, -0.2) is 4.98 Å². The third-order valence-corrected chi connectivity index (χ3v) is 3.41. The maximum atomic E-state index is 5.91. The Morgan fingerprint density at radius 2 is 1.93 bits per heavy atom. The number of aromatic nitrogens is 1. The van der Waals surface area contributed by atoms with E-state index in [0.29, 0.717) is 6.10 Å². The molecule has 1 saturated carbocycles. The van der Waals surface area contributed by atoms with Gasteiger partial charge in [0, 0.05) is 6.20 Å². The van der Waals surface area contributed by atoms with Gasteiger partial charge in [0.25, 0.3) is 0 Å². The van der Waals surface area contributed by atoms with Crippen LogP contribution in [0.2, 0.25) is 0 Å². The smallest absolute Gasteiger partial charge is 0.228 e. The van der Waals surface area contributed by atoms with Crippen LogP contribution in [0.25, 0.3) is 0 Å². The van der Waals surface area contributed by atoms with E-state index in [2.05, 4.69) is 20.9 Å². The van der Waals surface area contributed by atoms with Crippen LogP contribution in [0, 0.1) is 0 Å². The van der Waals surface area contributed by atoms with Crippen molar-refractivity contribution in [3.8, 4) is 5.88 Å². The van der Waals surface area contributed by atoms with Crippen molar-refractivity contribution in [2.75, 3.05) is 0 Å². The fraction of sp³-hybridized carbons (Fsp3) is 0.583. The Kier molecular flexibility index (Phi) is 4.01. The van der Waals surface area contributed by atoms with Crippen LogP contribution < -0.4 is 4.74 Å². The van der Waals surface area contributed by atoms with Gasteiger partial charge in [-0.15, -0.1) is 0 Å². The van der Waals surface area contributed by atoms with Crippen molar-refractivity contribution in [2.24, 2.45) is 0 Å². The van der Waals surface area contributed by atoms with Crippen LogP contribution in [-0.4, -0.2) is 11.1 Å². The van der Waals surface area contributed by atoms with Crippen molar-refractivity contribution < 1.29 is 4.74 Å². The summed E-state index contributed by atoms with van der Waals surface area (Å²) < 4.78 is 6.86. The lowest BCUT2D eigenvalue weighted by Gasteiger charge is -2.16. The molecule has 0 unspecified atom stereocenters. The molecule has 0 amide bonds. The Bertz CT molecular complexity index is 308. The van der Waals surface area contributed by atoms with Crippen LogP contribution in [0.1, 0.15) is 38.5 Å². The molecule has 0 spiro atoms. The fourth-order valence-corrected chi connectivity index (χ4v) is 2.32. The van der Waals surface area contributed by atoms with Crippen LogP contribution >= 0.6 is 15.9 Å². The second-order valence-electron chi connectivity index (χ2n) is 4.02. The molecule has 82 valence electrons. The minimum Gasteiger partial charge on any atom is -0.474 e. The highest BCUT2D eigenvalue weighted by Crippen LogP contribution is 2.26. The summed E-state index contributed by atoms with van der Waals surface area (Å²) in [6, 6.07) is 3.88. The molecule has 1 aromatic heterocycles. The first-order valence-electron chi connectivity index (χ1n) is 5.63. The van der Waals surface area contributed by atoms with Crippen molar-refractivity contribution in [1.82, 2.24) is 4.98 Å². The Balaban J connectivity index is 1.98. The largest absolute Gasteiger partial charge is 0.474 e. The van der Waals surface area contributed by atoms with Crippen LogP contribution in [0.15, 0.2) is 22.8 Å². The predicted molar refractivity (Wildman–Crippen MR) is 64.1 cm³/mol. The minimum absolute atomic E-state index is 0.360. The monoisotopic (exact) mass is 269 g/mol. The molecule has 3 heteroatoms. The lowest BCUT2D eigenvalue weighted by Crippen LogP contribution is -2.15. The predicted octanol–water partition coefficient (Wildman–Crippen LogP) is 3.95. The van der Waals surface area contributed by atoms with Gasteiger partial charge in [0.2, 0.25) is 5.88 Å². The highest BCUT2D eigenvalue weighted by Gasteiger charge is 2.15. The molecule has 1 fully saturated rings. The van der Waals surface area contributed by atoms with Crippen LogP contribution in [0.4, 0.5) is 0 Å². The number of ether oxygens (including phenoxy) is 1. The minimum atomic E-state index is 0.360. The molecule has 0 radical (unpaired) electrons. The highest BCUT2D eigenvalue weighted by atomic mass is 79.9. The van der Waals surface area contributed by atoms with Crippen molar-refractivity contribution >= 4 is 15.9 Å². The van der Waals surface area contributed by atoms with Crippen LogP contribution in [0.3, 0.4) is 0 Å². The first-order chi connectivity index (χ1) is 7.36. The summed E-state index contributed by atoms with van der Waals surface area (Å²) in [4.78, 5) is 4.23. The molecule has 1 aromatic rings. The zero-order chi connectivity index (χ0) is 10.5. The quantitative estimate of drug-likeness (QED) is 0.759. The molecule has 2 rings (SSSR count). The van der Waals surface area contributed by atoms with Gasteiger partial charge in [-0.3, -0.25) is 0 Å². The van der Waals surface area contributed by atoms with E-state index in [1.54, 1.807) is 6.20 Å². The summed E-state index contributed by atoms with van der Waals surface area (Å²) in [7, 11) is 0. The lowest BCUT2D eigenvalue weighted by atomic mass is 10.1. The molecule has 15 heavy (non-hydrogen) atoms. The van der Waals surface area contributed by atoms with Gasteiger partial charge in [-0.1, -0.05) is 12.8 Å². The van der Waals surface area contributed by atoms with Crippen LogP contribution in [-0.2, 0) is 0 Å². The summed E-state index contributed by atoms with van der Waals surface area (Å²) in [6.45, 7) is 0. The maximum absolute atomic E-state index is 5.91. The SMILES string of the molecule is Brc1cccnc1OC1CCCCCC1. The number of hydrogen-bond donors (Lipinski definition) is 0. The molecule has 0 bridgehead atoms. The van der Waals surface area contributed by atoms with E-state index in [9.17, 15) is 0 Å². The second-order valence-corrected chi connectivity index (χ2v) is 4.88. The van der Waals surface area contributed by atoms with Gasteiger partial charge in [0.1, 0.15) is 6.10 Å². The first kappa shape index (κ1) is 10.9. The molecule has 0 aromatic carbocycles. The number of halogens is 1. The summed E-state index contributed by atoms with van der Waals surface area (Å²) in [5.74, 6) is 0.740. The van der Waals surface area contributed by atoms with Gasteiger partial charge in [-0.05, 0) is 53.7 Å². The molecule has 1 aliphatic carbocycles. The van der Waals surface area contributed by atoms with Crippen molar-refractivity contribution in [3.05, 3.63) is 22.8 Å². The average Bonchev–Trinajstić information content (AvgIpc) is 2.50. The highest BCUT2D eigenvalue weighted by molar-refractivity contribution is 9.10. The van der Waals surface area contributed by atoms with E-state index in [1.165, 1.54) is 38.5 Å². The Morgan fingerprint density at radius 3 is 2.60 bits per heavy atom. The third-order valence-electron chi connectivity index (χ3n) is 2.81. The van der Waals surface area contributed by atoms with Gasteiger partial charge >= 0.3 is 0 Å². The Hall–Kier alpha value is -0.570. The van der Waals surface area contributed by atoms with Gasteiger partial charge in [-0.2, -0.15) is 0 Å². The maximum Gasteiger partial charge on any atom is 0.228 e. The number of hydrogen-bond acceptors (Lipinski definition) is 2. The summed E-state index contributed by atoms with van der Waals surface area (Å²) in [6.07, 6.45) is 9.75. The normalized spacial score (nSPS) is 18.5. The van der Waals surface area contributed by atoms with E-state index < -0.39 is 0 Å². The molecule has 1 aliphatic rings. The number of rotatable bonds is 2. The van der Waals surface area contributed by atoms with Crippen LogP contribution in [0.5, 0.6) is 5.88 Å². The molecule has 1 heterocycles. The summed E-state index contributed by atoms with van der Waals surface area (Å²) in [5.41, 5.74) is 0. The van der Waals surface area contributed by atoms with E-state index in [1.807, 2.05) is 12.1 Å². The zero-order valence-electron chi connectivity index (χ0n) is 8.79. The van der Waals surface area contributed by atoms with Crippen molar-refractivity contribution in [2.45, 2.75) is 44.6 Å². The van der Waals surface area contributed by atoms with Gasteiger partial charge in [0.05, 0.1) is 4.47 Å². The molecule has 0 saturated heterocycles. The first-order valence-corrected chi connectivity index (χ1v) is 6.43. The zero-order valence-corrected chi connectivity index (χ0v) is 10.4.